The van der Waals surface area contributed by atoms with Crippen molar-refractivity contribution in [2.45, 2.75) is 32.8 Å². The summed E-state index contributed by atoms with van der Waals surface area (Å²) in [6.07, 6.45) is 4.78. The SMILES string of the molecule is CC(C)(C)OC(=O)N1CCN(C(=O)Cc2ccc(-n3nccc3NC(=O)Nc3ccc(Oc4ccncc4)cc3)cc2)CC1. The van der Waals surface area contributed by atoms with Crippen molar-refractivity contribution in [2.75, 3.05) is 36.8 Å². The summed E-state index contributed by atoms with van der Waals surface area (Å²) >= 11 is 0. The number of pyridine rings is 1. The van der Waals surface area contributed by atoms with Crippen LogP contribution < -0.4 is 15.4 Å². The largest absolute Gasteiger partial charge is 0.457 e. The molecule has 1 aliphatic rings. The highest BCUT2D eigenvalue weighted by molar-refractivity contribution is 5.99. The van der Waals surface area contributed by atoms with E-state index in [9.17, 15) is 14.4 Å². The highest BCUT2D eigenvalue weighted by Gasteiger charge is 2.27. The number of anilines is 2. The molecular formula is C32H35N7O5. The first-order chi connectivity index (χ1) is 21.1. The van der Waals surface area contributed by atoms with E-state index in [1.807, 2.05) is 45.0 Å². The van der Waals surface area contributed by atoms with Crippen LogP contribution in [0.2, 0.25) is 0 Å². The van der Waals surface area contributed by atoms with Gasteiger partial charge in [-0.05, 0) is 74.9 Å². The molecule has 0 aliphatic carbocycles. The van der Waals surface area contributed by atoms with Crippen LogP contribution in [0.1, 0.15) is 26.3 Å². The average Bonchev–Trinajstić information content (AvgIpc) is 3.46. The molecule has 4 amide bonds. The fourth-order valence-electron chi connectivity index (χ4n) is 4.54. The summed E-state index contributed by atoms with van der Waals surface area (Å²) in [6, 6.07) is 19.2. The lowest BCUT2D eigenvalue weighted by Gasteiger charge is -2.35. The summed E-state index contributed by atoms with van der Waals surface area (Å²) in [5.74, 6) is 1.77. The number of benzene rings is 2. The molecule has 2 N–H and O–H groups in total. The maximum atomic E-state index is 12.9. The predicted octanol–water partition coefficient (Wildman–Crippen LogP) is 5.33. The van der Waals surface area contributed by atoms with Crippen LogP contribution in [0.15, 0.2) is 85.3 Å². The lowest BCUT2D eigenvalue weighted by Crippen LogP contribution is -2.51. The van der Waals surface area contributed by atoms with E-state index in [0.29, 0.717) is 49.2 Å². The van der Waals surface area contributed by atoms with Crippen LogP contribution in [-0.4, -0.2) is 74.4 Å². The zero-order valence-electron chi connectivity index (χ0n) is 24.9. The van der Waals surface area contributed by atoms with Gasteiger partial charge in [0.2, 0.25) is 5.91 Å². The second kappa shape index (κ2) is 13.3. The number of piperazine rings is 1. The van der Waals surface area contributed by atoms with Crippen molar-refractivity contribution >= 4 is 29.5 Å². The van der Waals surface area contributed by atoms with Gasteiger partial charge in [-0.25, -0.2) is 14.3 Å². The number of hydrogen-bond donors (Lipinski definition) is 2. The summed E-state index contributed by atoms with van der Waals surface area (Å²) in [5, 5.41) is 9.96. The van der Waals surface area contributed by atoms with Crippen LogP contribution in [0.5, 0.6) is 11.5 Å². The molecular weight excluding hydrogens is 562 g/mol. The third kappa shape index (κ3) is 8.12. The van der Waals surface area contributed by atoms with Gasteiger partial charge in [0.05, 0.1) is 18.3 Å². The van der Waals surface area contributed by atoms with Gasteiger partial charge in [0.25, 0.3) is 0 Å². The monoisotopic (exact) mass is 597 g/mol. The molecule has 0 bridgehead atoms. The number of urea groups is 1. The van der Waals surface area contributed by atoms with Crippen LogP contribution in [0, 0.1) is 0 Å². The topological polar surface area (TPSA) is 131 Å². The molecule has 5 rings (SSSR count). The van der Waals surface area contributed by atoms with E-state index >= 15 is 0 Å². The van der Waals surface area contributed by atoms with Crippen molar-refractivity contribution in [1.29, 1.82) is 0 Å². The van der Waals surface area contributed by atoms with Crippen molar-refractivity contribution in [3.8, 4) is 17.2 Å². The Morgan fingerprint density at radius 2 is 1.41 bits per heavy atom. The minimum Gasteiger partial charge on any atom is -0.457 e. The van der Waals surface area contributed by atoms with Crippen molar-refractivity contribution in [2.24, 2.45) is 0 Å². The van der Waals surface area contributed by atoms with Crippen LogP contribution in [-0.2, 0) is 16.0 Å². The van der Waals surface area contributed by atoms with Crippen molar-refractivity contribution in [1.82, 2.24) is 24.6 Å². The van der Waals surface area contributed by atoms with E-state index < -0.39 is 11.6 Å². The van der Waals surface area contributed by atoms with Gasteiger partial charge < -0.3 is 24.6 Å². The molecule has 0 unspecified atom stereocenters. The van der Waals surface area contributed by atoms with E-state index in [-0.39, 0.29) is 18.4 Å². The number of ether oxygens (including phenoxy) is 2. The highest BCUT2D eigenvalue weighted by atomic mass is 16.6. The second-order valence-electron chi connectivity index (χ2n) is 11.2. The Labute approximate surface area is 255 Å². The lowest BCUT2D eigenvalue weighted by atomic mass is 10.1. The van der Waals surface area contributed by atoms with Gasteiger partial charge in [-0.2, -0.15) is 5.10 Å². The van der Waals surface area contributed by atoms with E-state index in [4.69, 9.17) is 9.47 Å². The van der Waals surface area contributed by atoms with Gasteiger partial charge in [-0.15, -0.1) is 0 Å². The Morgan fingerprint density at radius 1 is 0.773 bits per heavy atom. The molecule has 1 fully saturated rings. The number of hydrogen-bond acceptors (Lipinski definition) is 7. The van der Waals surface area contributed by atoms with Gasteiger partial charge in [0.15, 0.2) is 0 Å². The molecule has 3 heterocycles. The number of nitrogens with one attached hydrogen (secondary N) is 2. The highest BCUT2D eigenvalue weighted by Crippen LogP contribution is 2.23. The van der Waals surface area contributed by atoms with E-state index in [2.05, 4.69) is 20.7 Å². The zero-order valence-corrected chi connectivity index (χ0v) is 24.9. The molecule has 0 radical (unpaired) electrons. The molecule has 1 saturated heterocycles. The summed E-state index contributed by atoms with van der Waals surface area (Å²) in [4.78, 5) is 45.3. The molecule has 44 heavy (non-hydrogen) atoms. The number of amides is 4. The fourth-order valence-corrected chi connectivity index (χ4v) is 4.54. The third-order valence-electron chi connectivity index (χ3n) is 6.70. The van der Waals surface area contributed by atoms with Gasteiger partial charge in [-0.3, -0.25) is 15.1 Å². The Bertz CT molecular complexity index is 1570. The molecule has 0 spiro atoms. The van der Waals surface area contributed by atoms with Crippen molar-refractivity contribution < 1.29 is 23.9 Å². The standard InChI is InChI=1S/C32H35N7O5/c1-32(2,3)44-31(42)38-20-18-37(19-21-38)29(40)22-23-4-8-25(9-5-23)39-28(14-17-34-39)36-30(41)35-24-6-10-26(11-7-24)43-27-12-15-33-16-13-27/h4-17H,18-22H2,1-3H3,(H2,35,36,41). The minimum atomic E-state index is -0.555. The number of aromatic nitrogens is 3. The van der Waals surface area contributed by atoms with Crippen LogP contribution in [0.25, 0.3) is 5.69 Å². The molecule has 1 aliphatic heterocycles. The molecule has 228 valence electrons. The third-order valence-corrected chi connectivity index (χ3v) is 6.70. The van der Waals surface area contributed by atoms with Crippen molar-refractivity contribution in [3.05, 3.63) is 90.9 Å². The molecule has 2 aromatic carbocycles. The first-order valence-electron chi connectivity index (χ1n) is 14.3. The lowest BCUT2D eigenvalue weighted by molar-refractivity contribution is -0.132. The van der Waals surface area contributed by atoms with Gasteiger partial charge >= 0.3 is 12.1 Å². The Hall–Kier alpha value is -5.39. The van der Waals surface area contributed by atoms with E-state index in [0.717, 1.165) is 11.3 Å². The van der Waals surface area contributed by atoms with Crippen LogP contribution >= 0.6 is 0 Å². The van der Waals surface area contributed by atoms with Crippen molar-refractivity contribution in [3.63, 3.8) is 0 Å². The number of carbonyl (C=O) groups excluding carboxylic acids is 3. The van der Waals surface area contributed by atoms with Crippen LogP contribution in [0.4, 0.5) is 21.1 Å². The maximum Gasteiger partial charge on any atom is 0.410 e. The van der Waals surface area contributed by atoms with E-state index in [1.165, 1.54) is 0 Å². The molecule has 2 aromatic heterocycles. The quantitative estimate of drug-likeness (QED) is 0.295. The van der Waals surface area contributed by atoms with Gasteiger partial charge in [0, 0.05) is 50.3 Å². The Kier molecular flexibility index (Phi) is 9.08. The normalized spacial score (nSPS) is 13.2. The Balaban J connectivity index is 1.11. The number of rotatable bonds is 7. The molecule has 12 nitrogen and oxygen atoms in total. The maximum absolute atomic E-state index is 12.9. The molecule has 0 saturated carbocycles. The number of carbonyl (C=O) groups is 3. The first-order valence-corrected chi connectivity index (χ1v) is 14.3. The van der Waals surface area contributed by atoms with Crippen LogP contribution in [0.3, 0.4) is 0 Å². The summed E-state index contributed by atoms with van der Waals surface area (Å²) in [6.45, 7) is 7.30. The summed E-state index contributed by atoms with van der Waals surface area (Å²) in [5.41, 5.74) is 1.62. The summed E-state index contributed by atoms with van der Waals surface area (Å²) in [7, 11) is 0. The smallest absolute Gasteiger partial charge is 0.410 e. The molecule has 0 atom stereocenters. The number of nitrogens with zero attached hydrogens (tertiary/aromatic N) is 5. The Morgan fingerprint density at radius 3 is 2.07 bits per heavy atom. The van der Waals surface area contributed by atoms with Gasteiger partial charge in [-0.1, -0.05) is 12.1 Å². The zero-order chi connectivity index (χ0) is 31.1. The fraction of sp³-hybridized carbons (Fsp3) is 0.281. The predicted molar refractivity (Wildman–Crippen MR) is 165 cm³/mol. The summed E-state index contributed by atoms with van der Waals surface area (Å²) < 4.78 is 12.8. The van der Waals surface area contributed by atoms with E-state index in [1.54, 1.807) is 75.5 Å². The second-order valence-corrected chi connectivity index (χ2v) is 11.2. The average molecular weight is 598 g/mol. The van der Waals surface area contributed by atoms with Gasteiger partial charge in [0.1, 0.15) is 22.9 Å². The molecule has 12 heteroatoms. The molecule has 4 aromatic rings. The minimum absolute atomic E-state index is 0.00309. The first kappa shape index (κ1) is 30.1.